The number of rotatable bonds is 12. The summed E-state index contributed by atoms with van der Waals surface area (Å²) < 4.78 is 81.2. The van der Waals surface area contributed by atoms with E-state index in [9.17, 15) is 41.2 Å². The summed E-state index contributed by atoms with van der Waals surface area (Å²) in [5.41, 5.74) is 13.6. The number of non-ortho nitro benzene ring substituents is 1. The summed E-state index contributed by atoms with van der Waals surface area (Å²) in [5.74, 6) is -0.421. The molecule has 0 aliphatic carbocycles. The molecule has 6 aromatic carbocycles. The molecule has 0 fully saturated rings. The summed E-state index contributed by atoms with van der Waals surface area (Å²) in [6, 6.07) is 21.3. The first kappa shape index (κ1) is 44.7. The number of aromatic hydroxyl groups is 1. The summed E-state index contributed by atoms with van der Waals surface area (Å²) >= 11 is 0. The molecule has 0 saturated heterocycles. The maximum atomic E-state index is 12.6. The van der Waals surface area contributed by atoms with Gasteiger partial charge in [-0.3, -0.25) is 19.2 Å². The third kappa shape index (κ3) is 9.55. The van der Waals surface area contributed by atoms with E-state index in [0.717, 1.165) is 29.8 Å². The number of nitrogens with two attached hydrogens (primary N) is 2. The molecule has 0 saturated carbocycles. The van der Waals surface area contributed by atoms with Crippen molar-refractivity contribution < 1.29 is 75.0 Å². The molecule has 6 rings (SSSR count). The number of benzene rings is 6. The first-order valence-electron chi connectivity index (χ1n) is 16.7. The van der Waals surface area contributed by atoms with Gasteiger partial charge < -0.3 is 26.0 Å². The molecule has 0 radical (unpaired) electrons. The van der Waals surface area contributed by atoms with Crippen molar-refractivity contribution in [2.45, 2.75) is 16.7 Å². The number of ether oxygens (including phenoxy) is 2. The van der Waals surface area contributed by atoms with Crippen LogP contribution in [0.25, 0.3) is 21.9 Å². The van der Waals surface area contributed by atoms with Gasteiger partial charge >= 0.3 is 29.6 Å². The van der Waals surface area contributed by atoms with Gasteiger partial charge in [0.2, 0.25) is 0 Å². The van der Waals surface area contributed by atoms with Gasteiger partial charge in [0.1, 0.15) is 44.0 Å². The molecule has 302 valence electrons. The number of nitro benzene ring substituents is 1. The first-order valence-corrected chi connectivity index (χ1v) is 19.6. The quantitative estimate of drug-likeness (QED) is 0.0224. The molecule has 0 unspecified atom stereocenters. The van der Waals surface area contributed by atoms with Crippen LogP contribution in [0.2, 0.25) is 0 Å². The van der Waals surface area contributed by atoms with Crippen LogP contribution in [0.1, 0.15) is 5.56 Å². The molecule has 0 aliphatic heterocycles. The van der Waals surface area contributed by atoms with E-state index < -0.39 is 63.1 Å². The smallest absolute Gasteiger partial charge is 0.505 e. The van der Waals surface area contributed by atoms with Crippen molar-refractivity contribution in [3.05, 3.63) is 107 Å². The molecule has 23 heteroatoms. The third-order valence-corrected chi connectivity index (χ3v) is 10.4. The summed E-state index contributed by atoms with van der Waals surface area (Å²) in [7, 11) is -7.50. The Morgan fingerprint density at radius 2 is 1.13 bits per heavy atom. The zero-order chi connectivity index (χ0) is 42.8. The van der Waals surface area contributed by atoms with E-state index in [4.69, 9.17) is 20.9 Å². The number of aryl methyl sites for hydroxylation is 1. The van der Waals surface area contributed by atoms with Crippen LogP contribution in [0, 0.1) is 17.0 Å². The Bertz CT molecular complexity index is 3000. The molecule has 0 heterocycles. The second-order valence-corrected chi connectivity index (χ2v) is 15.2. The minimum Gasteiger partial charge on any atom is -0.505 e. The molecule has 0 aliphatic rings. The van der Waals surface area contributed by atoms with Crippen LogP contribution >= 0.6 is 0 Å². The first-order chi connectivity index (χ1) is 27.9. The number of nitrogen functional groups attached to an aromatic ring is 2. The number of fused-ring (bicyclic) bond motifs is 1. The van der Waals surface area contributed by atoms with E-state index in [1.165, 1.54) is 32.4 Å². The van der Waals surface area contributed by atoms with E-state index in [0.29, 0.717) is 33.9 Å². The fourth-order valence-electron chi connectivity index (χ4n) is 5.74. The molecule has 7 N–H and O–H groups in total. The van der Waals surface area contributed by atoms with Crippen molar-refractivity contribution in [1.29, 1.82) is 0 Å². The second kappa shape index (κ2) is 17.8. The Kier molecular flexibility index (Phi) is 13.3. The predicted molar refractivity (Wildman–Crippen MR) is 216 cm³/mol. The van der Waals surface area contributed by atoms with Gasteiger partial charge in [0.05, 0.1) is 41.6 Å². The molecule has 0 aromatic heterocycles. The van der Waals surface area contributed by atoms with Crippen LogP contribution in [-0.4, -0.2) is 50.2 Å². The van der Waals surface area contributed by atoms with Gasteiger partial charge in [-0.25, -0.2) is 0 Å². The number of phenolic OH excluding ortho intramolecular Hbond substituents is 1. The van der Waals surface area contributed by atoms with Crippen LogP contribution in [0.5, 0.6) is 17.2 Å². The minimum atomic E-state index is -5.19. The van der Waals surface area contributed by atoms with E-state index in [-0.39, 0.29) is 57.8 Å². The minimum absolute atomic E-state index is 0. The van der Waals surface area contributed by atoms with Crippen LogP contribution in [0.4, 0.5) is 51.2 Å². The van der Waals surface area contributed by atoms with Gasteiger partial charge in [-0.05, 0) is 95.7 Å². The molecule has 60 heavy (non-hydrogen) atoms. The number of nitro groups is 1. The third-order valence-electron chi connectivity index (χ3n) is 8.63. The molecular weight excluding hydrogens is 834 g/mol. The standard InChI is InChI=1S/C37H31N9O11S2.Na/c1-19-14-23(38)6-13-26(19)41-42-27-11-4-20(15-29(27)56-2)21-5-12-28(30(16-21)57-3)43-45-36-32(59(53,54)55)18-22-17-31(58(50,51)52)35(34(39)33(22)37(36)47)44-40-24-7-9-25(10-8-24)46(48)49;/h4-18,47H,38-39H2,1-3H3,(H,50,51,52)(H,53,54,55);/q;+1. The Balaban J connectivity index is 0.00000683. The zero-order valence-corrected chi connectivity index (χ0v) is 35.5. The van der Waals surface area contributed by atoms with Crippen molar-refractivity contribution in [2.24, 2.45) is 30.7 Å². The van der Waals surface area contributed by atoms with Crippen molar-refractivity contribution >= 4 is 82.2 Å². The van der Waals surface area contributed by atoms with Crippen LogP contribution in [-0.2, 0) is 20.2 Å². The Morgan fingerprint density at radius 1 is 0.650 bits per heavy atom. The maximum Gasteiger partial charge on any atom is 1.00 e. The number of nitrogens with zero attached hydrogens (tertiary/aromatic N) is 7. The maximum absolute atomic E-state index is 12.6. The van der Waals surface area contributed by atoms with E-state index in [2.05, 4.69) is 30.7 Å². The van der Waals surface area contributed by atoms with Gasteiger partial charge in [0, 0.05) is 17.8 Å². The fourth-order valence-corrected chi connectivity index (χ4v) is 7.06. The summed E-state index contributed by atoms with van der Waals surface area (Å²) in [6.07, 6.45) is 0. The number of hydrogen-bond donors (Lipinski definition) is 5. The molecule has 0 bridgehead atoms. The molecular formula is C37H31N9NaO11S2+. The SMILES string of the molecule is COc1cc(-c2ccc(N=Nc3c(S(=O)(=O)O)cc4cc(S(=O)(=O)O)c(N=Nc5ccc([N+](=O)[O-])cc5)c(N)c4c3O)c(OC)c2)ccc1N=Nc1ccc(N)cc1C.[Na+]. The largest absolute Gasteiger partial charge is 1.00 e. The summed E-state index contributed by atoms with van der Waals surface area (Å²) in [5, 5.41) is 46.0. The average molecular weight is 865 g/mol. The molecule has 0 spiro atoms. The summed E-state index contributed by atoms with van der Waals surface area (Å²) in [6.45, 7) is 1.86. The van der Waals surface area contributed by atoms with Crippen molar-refractivity contribution in [1.82, 2.24) is 0 Å². The molecule has 20 nitrogen and oxygen atoms in total. The van der Waals surface area contributed by atoms with E-state index in [1.807, 2.05) is 6.92 Å². The molecule has 6 aromatic rings. The Hall–Kier alpha value is -6.40. The average Bonchev–Trinajstić information content (AvgIpc) is 3.18. The Morgan fingerprint density at radius 3 is 1.63 bits per heavy atom. The zero-order valence-electron chi connectivity index (χ0n) is 31.9. The Labute approximate surface area is 363 Å². The number of phenols is 1. The second-order valence-electron chi connectivity index (χ2n) is 12.4. The van der Waals surface area contributed by atoms with Crippen LogP contribution < -0.4 is 50.5 Å². The topological polar surface area (TPSA) is 317 Å². The van der Waals surface area contributed by atoms with Gasteiger partial charge in [-0.2, -0.15) is 27.1 Å². The monoisotopic (exact) mass is 864 g/mol. The fraction of sp³-hybridized carbons (Fsp3) is 0.0811. The van der Waals surface area contributed by atoms with E-state index >= 15 is 0 Å². The number of methoxy groups -OCH3 is 2. The van der Waals surface area contributed by atoms with Crippen LogP contribution in [0.15, 0.2) is 131 Å². The van der Waals surface area contributed by atoms with Gasteiger partial charge in [-0.15, -0.1) is 20.5 Å². The van der Waals surface area contributed by atoms with Crippen molar-refractivity contribution in [3.63, 3.8) is 0 Å². The van der Waals surface area contributed by atoms with Crippen molar-refractivity contribution in [3.8, 4) is 28.4 Å². The molecule has 0 atom stereocenters. The predicted octanol–water partition coefficient (Wildman–Crippen LogP) is 6.35. The van der Waals surface area contributed by atoms with Crippen LogP contribution in [0.3, 0.4) is 0 Å². The number of anilines is 2. The van der Waals surface area contributed by atoms with Gasteiger partial charge in [0.25, 0.3) is 25.9 Å². The van der Waals surface area contributed by atoms with Gasteiger partial charge in [-0.1, -0.05) is 12.1 Å². The van der Waals surface area contributed by atoms with Gasteiger partial charge in [0.15, 0.2) is 5.75 Å². The van der Waals surface area contributed by atoms with Crippen molar-refractivity contribution in [2.75, 3.05) is 25.7 Å². The number of azo groups is 3. The van der Waals surface area contributed by atoms with E-state index in [1.54, 1.807) is 48.5 Å². The number of hydrogen-bond acceptors (Lipinski definition) is 17. The molecule has 0 amide bonds. The summed E-state index contributed by atoms with van der Waals surface area (Å²) in [4.78, 5) is 8.41. The normalized spacial score (nSPS) is 12.0.